The highest BCUT2D eigenvalue weighted by atomic mass is 16.4. The summed E-state index contributed by atoms with van der Waals surface area (Å²) in [6, 6.07) is 5.24. The number of benzene rings is 1. The first-order valence-electron chi connectivity index (χ1n) is 8.29. The zero-order valence-corrected chi connectivity index (χ0v) is 14.2. The van der Waals surface area contributed by atoms with Crippen LogP contribution in [0.1, 0.15) is 54.9 Å². The minimum Gasteiger partial charge on any atom is -0.481 e. The van der Waals surface area contributed by atoms with E-state index in [-0.39, 0.29) is 24.3 Å². The predicted octanol–water partition coefficient (Wildman–Crippen LogP) is 2.81. The van der Waals surface area contributed by atoms with Gasteiger partial charge in [0.2, 0.25) is 5.91 Å². The van der Waals surface area contributed by atoms with E-state index in [0.717, 1.165) is 24.8 Å². The van der Waals surface area contributed by atoms with Crippen LogP contribution in [0.3, 0.4) is 0 Å². The van der Waals surface area contributed by atoms with Crippen LogP contribution in [-0.2, 0) is 9.59 Å². The van der Waals surface area contributed by atoms with Gasteiger partial charge in [0.1, 0.15) is 0 Å². The number of nitrogens with zero attached hydrogens (tertiary/aromatic N) is 1. The summed E-state index contributed by atoms with van der Waals surface area (Å²) in [6.45, 7) is 3.93. The minimum absolute atomic E-state index is 0.0360. The molecule has 0 saturated carbocycles. The Morgan fingerprint density at radius 1 is 1.29 bits per heavy atom. The van der Waals surface area contributed by atoms with E-state index in [4.69, 9.17) is 5.11 Å². The summed E-state index contributed by atoms with van der Waals surface area (Å²) in [6.07, 6.45) is 3.33. The summed E-state index contributed by atoms with van der Waals surface area (Å²) in [5.74, 6) is -1.11. The fraction of sp³-hybridized carbons (Fsp3) is 0.500. The van der Waals surface area contributed by atoms with Crippen molar-refractivity contribution in [1.29, 1.82) is 0 Å². The number of nitrogens with one attached hydrogen (secondary N) is 1. The van der Waals surface area contributed by atoms with Crippen molar-refractivity contribution >= 4 is 23.5 Å². The van der Waals surface area contributed by atoms with Crippen LogP contribution in [0.5, 0.6) is 0 Å². The number of likely N-dealkylation sites (tertiary alicyclic amines) is 1. The van der Waals surface area contributed by atoms with Gasteiger partial charge in [0, 0.05) is 37.2 Å². The first kappa shape index (κ1) is 18.0. The average Bonchev–Trinajstić information content (AvgIpc) is 2.54. The number of hydrogen-bond donors (Lipinski definition) is 2. The van der Waals surface area contributed by atoms with E-state index in [1.165, 1.54) is 6.92 Å². The summed E-state index contributed by atoms with van der Waals surface area (Å²) in [4.78, 5) is 36.8. The molecule has 1 aliphatic rings. The van der Waals surface area contributed by atoms with Crippen LogP contribution in [0.4, 0.5) is 5.69 Å². The number of anilines is 1. The molecule has 0 radical (unpaired) electrons. The lowest BCUT2D eigenvalue weighted by molar-refractivity contribution is -0.137. The molecule has 24 heavy (non-hydrogen) atoms. The first-order valence-corrected chi connectivity index (χ1v) is 8.29. The van der Waals surface area contributed by atoms with E-state index in [1.54, 1.807) is 17.0 Å². The second-order valence-electron chi connectivity index (χ2n) is 6.29. The topological polar surface area (TPSA) is 86.7 Å². The molecule has 2 N–H and O–H groups in total. The Labute approximate surface area is 141 Å². The molecule has 0 bridgehead atoms. The molecule has 2 amide bonds. The molecular weight excluding hydrogens is 308 g/mol. The van der Waals surface area contributed by atoms with Crippen molar-refractivity contribution in [2.24, 2.45) is 0 Å². The van der Waals surface area contributed by atoms with Crippen molar-refractivity contribution < 1.29 is 19.5 Å². The SMILES string of the molecule is CC(=O)Nc1ccc(C)c(C(=O)N2CCCCC2CCC(=O)O)c1. The van der Waals surface area contributed by atoms with Crippen molar-refractivity contribution in [3.63, 3.8) is 0 Å². The number of piperidine rings is 1. The summed E-state index contributed by atoms with van der Waals surface area (Å²) in [5.41, 5.74) is 2.00. The van der Waals surface area contributed by atoms with Crippen molar-refractivity contribution in [3.05, 3.63) is 29.3 Å². The molecule has 1 heterocycles. The molecule has 1 atom stereocenters. The second-order valence-corrected chi connectivity index (χ2v) is 6.29. The number of rotatable bonds is 5. The van der Waals surface area contributed by atoms with Gasteiger partial charge in [-0.1, -0.05) is 6.07 Å². The number of aliphatic carboxylic acids is 1. The van der Waals surface area contributed by atoms with E-state index in [9.17, 15) is 14.4 Å². The van der Waals surface area contributed by atoms with E-state index in [0.29, 0.717) is 24.2 Å². The molecule has 1 aromatic rings. The second kappa shape index (κ2) is 7.95. The molecule has 1 unspecified atom stereocenters. The molecule has 0 aromatic heterocycles. The van der Waals surface area contributed by atoms with Crippen LogP contribution in [0, 0.1) is 6.92 Å². The average molecular weight is 332 g/mol. The highest BCUT2D eigenvalue weighted by Gasteiger charge is 2.28. The molecule has 0 spiro atoms. The Morgan fingerprint density at radius 3 is 2.71 bits per heavy atom. The summed E-state index contributed by atoms with van der Waals surface area (Å²) < 4.78 is 0. The highest BCUT2D eigenvalue weighted by molar-refractivity contribution is 5.98. The molecular formula is C18H24N2O4. The lowest BCUT2D eigenvalue weighted by Gasteiger charge is -2.36. The van der Waals surface area contributed by atoms with Gasteiger partial charge in [-0.05, 0) is 50.3 Å². The maximum atomic E-state index is 13.0. The van der Waals surface area contributed by atoms with Gasteiger partial charge in [-0.15, -0.1) is 0 Å². The van der Waals surface area contributed by atoms with Crippen molar-refractivity contribution in [2.45, 2.75) is 52.0 Å². The molecule has 130 valence electrons. The van der Waals surface area contributed by atoms with Crippen LogP contribution in [0.2, 0.25) is 0 Å². The summed E-state index contributed by atoms with van der Waals surface area (Å²) >= 11 is 0. The molecule has 6 nitrogen and oxygen atoms in total. The van der Waals surface area contributed by atoms with Crippen LogP contribution in [0.15, 0.2) is 18.2 Å². The highest BCUT2D eigenvalue weighted by Crippen LogP contribution is 2.25. The van der Waals surface area contributed by atoms with Gasteiger partial charge >= 0.3 is 5.97 Å². The quantitative estimate of drug-likeness (QED) is 0.868. The van der Waals surface area contributed by atoms with Gasteiger partial charge in [-0.3, -0.25) is 14.4 Å². The van der Waals surface area contributed by atoms with Crippen LogP contribution >= 0.6 is 0 Å². The van der Waals surface area contributed by atoms with Gasteiger partial charge < -0.3 is 15.3 Å². The van der Waals surface area contributed by atoms with Gasteiger partial charge in [0.15, 0.2) is 0 Å². The van der Waals surface area contributed by atoms with E-state index < -0.39 is 5.97 Å². The number of carboxylic acids is 1. The zero-order valence-electron chi connectivity index (χ0n) is 14.2. The molecule has 0 aliphatic carbocycles. The molecule has 1 aliphatic heterocycles. The Hall–Kier alpha value is -2.37. The van der Waals surface area contributed by atoms with Crippen molar-refractivity contribution in [1.82, 2.24) is 4.90 Å². The van der Waals surface area contributed by atoms with Crippen LogP contribution in [-0.4, -0.2) is 40.4 Å². The molecule has 1 fully saturated rings. The molecule has 6 heteroatoms. The zero-order chi connectivity index (χ0) is 17.7. The number of aryl methyl sites for hydroxylation is 1. The van der Waals surface area contributed by atoms with Crippen LogP contribution in [0.25, 0.3) is 0 Å². The normalized spacial score (nSPS) is 17.4. The van der Waals surface area contributed by atoms with Gasteiger partial charge in [-0.25, -0.2) is 0 Å². The summed E-state index contributed by atoms with van der Waals surface area (Å²) in [5, 5.41) is 11.6. The van der Waals surface area contributed by atoms with E-state index in [2.05, 4.69) is 5.32 Å². The Bertz CT molecular complexity index is 642. The van der Waals surface area contributed by atoms with Crippen molar-refractivity contribution in [2.75, 3.05) is 11.9 Å². The standard InChI is InChI=1S/C18H24N2O4/c1-12-6-7-14(19-13(2)21)11-16(12)18(24)20-10-4-3-5-15(20)8-9-17(22)23/h6-7,11,15H,3-5,8-10H2,1-2H3,(H,19,21)(H,22,23). The molecule has 2 rings (SSSR count). The maximum Gasteiger partial charge on any atom is 0.303 e. The number of carbonyl (C=O) groups excluding carboxylic acids is 2. The third-order valence-electron chi connectivity index (χ3n) is 4.37. The predicted molar refractivity (Wildman–Crippen MR) is 91.0 cm³/mol. The van der Waals surface area contributed by atoms with Gasteiger partial charge in [0.25, 0.3) is 5.91 Å². The number of carboxylic acid groups (broad SMARTS) is 1. The van der Waals surface area contributed by atoms with Gasteiger partial charge in [0.05, 0.1) is 0 Å². The number of hydrogen-bond acceptors (Lipinski definition) is 3. The molecule has 1 aromatic carbocycles. The van der Waals surface area contributed by atoms with Gasteiger partial charge in [-0.2, -0.15) is 0 Å². The smallest absolute Gasteiger partial charge is 0.303 e. The first-order chi connectivity index (χ1) is 11.4. The monoisotopic (exact) mass is 332 g/mol. The summed E-state index contributed by atoms with van der Waals surface area (Å²) in [7, 11) is 0. The number of carbonyl (C=O) groups is 3. The maximum absolute atomic E-state index is 13.0. The van der Waals surface area contributed by atoms with E-state index in [1.807, 2.05) is 13.0 Å². The van der Waals surface area contributed by atoms with Crippen molar-refractivity contribution in [3.8, 4) is 0 Å². The fourth-order valence-electron chi connectivity index (χ4n) is 3.15. The Balaban J connectivity index is 2.21. The lowest BCUT2D eigenvalue weighted by Crippen LogP contribution is -2.44. The minimum atomic E-state index is -0.836. The largest absolute Gasteiger partial charge is 0.481 e. The Morgan fingerprint density at radius 2 is 2.04 bits per heavy atom. The van der Waals surface area contributed by atoms with E-state index >= 15 is 0 Å². The van der Waals surface area contributed by atoms with Crippen LogP contribution < -0.4 is 5.32 Å². The number of amides is 2. The lowest BCUT2D eigenvalue weighted by atomic mass is 9.96. The third-order valence-corrected chi connectivity index (χ3v) is 4.37. The Kier molecular flexibility index (Phi) is 5.95. The molecule has 1 saturated heterocycles. The fourth-order valence-corrected chi connectivity index (χ4v) is 3.15. The third kappa shape index (κ3) is 4.57.